The van der Waals surface area contributed by atoms with Crippen molar-refractivity contribution in [2.75, 3.05) is 47.8 Å². The van der Waals surface area contributed by atoms with Crippen LogP contribution in [0, 0.1) is 0 Å². The fraction of sp³-hybridized carbons (Fsp3) is 0.667. The van der Waals surface area contributed by atoms with Crippen molar-refractivity contribution in [2.45, 2.75) is 24.5 Å². The largest absolute Gasteiger partial charge is 0.349 e. The Morgan fingerprint density at radius 2 is 1.65 bits per heavy atom. The molecule has 0 aromatic carbocycles. The Balaban J connectivity index is 2.80. The Bertz CT molecular complexity index is 607. The van der Waals surface area contributed by atoms with Crippen molar-refractivity contribution in [3.8, 4) is 0 Å². The predicted octanol–water partition coefficient (Wildman–Crippen LogP) is 1.80. The second-order valence-corrected chi connectivity index (χ2v) is 8.86. The minimum absolute atomic E-state index is 0.417. The number of thiophene rings is 1. The van der Waals surface area contributed by atoms with E-state index in [0.29, 0.717) is 23.8 Å². The lowest BCUT2D eigenvalue weighted by Crippen LogP contribution is -2.35. The van der Waals surface area contributed by atoms with Crippen molar-refractivity contribution in [1.29, 1.82) is 0 Å². The lowest BCUT2D eigenvalue weighted by molar-refractivity contribution is 0.447. The van der Waals surface area contributed by atoms with Crippen molar-refractivity contribution in [3.05, 3.63) is 17.0 Å². The molecule has 0 aliphatic heterocycles. The molecule has 0 aliphatic rings. The molecule has 132 valence electrons. The van der Waals surface area contributed by atoms with Crippen LogP contribution in [-0.2, 0) is 16.4 Å². The number of rotatable bonds is 7. The summed E-state index contributed by atoms with van der Waals surface area (Å²) in [5, 5.41) is 0. The number of nitrogens with zero attached hydrogens (tertiary/aromatic N) is 4. The van der Waals surface area contributed by atoms with E-state index in [-0.39, 0.29) is 0 Å². The van der Waals surface area contributed by atoms with Crippen LogP contribution in [0.15, 0.2) is 21.3 Å². The van der Waals surface area contributed by atoms with E-state index in [1.807, 2.05) is 57.9 Å². The summed E-state index contributed by atoms with van der Waals surface area (Å²) in [6, 6.07) is 3.59. The molecule has 6 nitrogen and oxygen atoms in total. The molecule has 0 atom stereocenters. The summed E-state index contributed by atoms with van der Waals surface area (Å²) in [6.07, 6.45) is 0.740. The number of sulfonamides is 1. The molecule has 1 rings (SSSR count). The topological polar surface area (TPSA) is 56.2 Å². The first kappa shape index (κ1) is 19.9. The minimum Gasteiger partial charge on any atom is -0.349 e. The maximum absolute atomic E-state index is 12.5. The fourth-order valence-corrected chi connectivity index (χ4v) is 5.23. The molecule has 1 aromatic heterocycles. The number of guanidine groups is 1. The Kier molecular flexibility index (Phi) is 7.50. The molecule has 0 saturated carbocycles. The molecule has 1 heterocycles. The third kappa shape index (κ3) is 5.19. The van der Waals surface area contributed by atoms with Gasteiger partial charge < -0.3 is 9.80 Å². The quantitative estimate of drug-likeness (QED) is 0.550. The van der Waals surface area contributed by atoms with Crippen LogP contribution in [0.3, 0.4) is 0 Å². The summed E-state index contributed by atoms with van der Waals surface area (Å²) < 4.78 is 26.8. The van der Waals surface area contributed by atoms with E-state index in [4.69, 9.17) is 0 Å². The van der Waals surface area contributed by atoms with Gasteiger partial charge in [0.1, 0.15) is 4.21 Å². The SMILES string of the molecule is CCN(CC)S(=O)(=O)c1ccc(CCN=C(N(C)C)N(C)C)s1. The highest BCUT2D eigenvalue weighted by molar-refractivity contribution is 7.91. The van der Waals surface area contributed by atoms with Gasteiger partial charge in [-0.05, 0) is 12.1 Å². The molecule has 0 amide bonds. The summed E-state index contributed by atoms with van der Waals surface area (Å²) in [6.45, 7) is 5.33. The molecular weight excluding hydrogens is 332 g/mol. The van der Waals surface area contributed by atoms with Gasteiger partial charge in [-0.15, -0.1) is 11.3 Å². The molecule has 8 heteroatoms. The van der Waals surface area contributed by atoms with Crippen molar-refractivity contribution in [3.63, 3.8) is 0 Å². The van der Waals surface area contributed by atoms with E-state index in [9.17, 15) is 8.42 Å². The standard InChI is InChI=1S/C15H28N4O2S2/c1-7-19(8-2)23(20,21)14-10-9-13(22-14)11-12-16-15(17(3)4)18(5)6/h9-10H,7-8,11-12H2,1-6H3. The van der Waals surface area contributed by atoms with Gasteiger partial charge in [0.2, 0.25) is 0 Å². The summed E-state index contributed by atoms with van der Waals surface area (Å²) >= 11 is 1.34. The predicted molar refractivity (Wildman–Crippen MR) is 97.8 cm³/mol. The highest BCUT2D eigenvalue weighted by atomic mass is 32.2. The molecule has 0 N–H and O–H groups in total. The first-order valence-corrected chi connectivity index (χ1v) is 9.97. The smallest absolute Gasteiger partial charge is 0.252 e. The number of aliphatic imine (C=N–C) groups is 1. The highest BCUT2D eigenvalue weighted by Crippen LogP contribution is 2.25. The van der Waals surface area contributed by atoms with Crippen LogP contribution in [0.1, 0.15) is 18.7 Å². The maximum atomic E-state index is 12.5. The first-order chi connectivity index (χ1) is 10.7. The van der Waals surface area contributed by atoms with Gasteiger partial charge in [-0.1, -0.05) is 13.8 Å². The van der Waals surface area contributed by atoms with Crippen molar-refractivity contribution < 1.29 is 8.42 Å². The van der Waals surface area contributed by atoms with Gasteiger partial charge in [0, 0.05) is 59.1 Å². The molecule has 0 spiro atoms. The van der Waals surface area contributed by atoms with Gasteiger partial charge in [-0.2, -0.15) is 4.31 Å². The Labute approximate surface area is 144 Å². The highest BCUT2D eigenvalue weighted by Gasteiger charge is 2.23. The van der Waals surface area contributed by atoms with E-state index in [0.717, 1.165) is 17.3 Å². The van der Waals surface area contributed by atoms with Crippen LogP contribution in [0.4, 0.5) is 0 Å². The molecule has 0 radical (unpaired) electrons. The van der Waals surface area contributed by atoms with Crippen molar-refractivity contribution >= 4 is 27.3 Å². The molecule has 0 fully saturated rings. The van der Waals surface area contributed by atoms with Gasteiger partial charge in [0.15, 0.2) is 5.96 Å². The van der Waals surface area contributed by atoms with Crippen molar-refractivity contribution in [1.82, 2.24) is 14.1 Å². The van der Waals surface area contributed by atoms with Gasteiger partial charge >= 0.3 is 0 Å². The minimum atomic E-state index is -3.35. The molecular formula is C15H28N4O2S2. The monoisotopic (exact) mass is 360 g/mol. The Morgan fingerprint density at radius 3 is 2.13 bits per heavy atom. The molecule has 0 aliphatic carbocycles. The zero-order valence-corrected chi connectivity index (χ0v) is 16.5. The van der Waals surface area contributed by atoms with Crippen molar-refractivity contribution in [2.24, 2.45) is 4.99 Å². The van der Waals surface area contributed by atoms with E-state index in [1.165, 1.54) is 15.6 Å². The third-order valence-corrected chi connectivity index (χ3v) is 7.01. The van der Waals surface area contributed by atoms with Gasteiger partial charge in [-0.3, -0.25) is 4.99 Å². The molecule has 0 saturated heterocycles. The molecule has 23 heavy (non-hydrogen) atoms. The van der Waals surface area contributed by atoms with Crippen LogP contribution in [0.25, 0.3) is 0 Å². The first-order valence-electron chi connectivity index (χ1n) is 7.72. The van der Waals surface area contributed by atoms with Crippen LogP contribution in [0.5, 0.6) is 0 Å². The van der Waals surface area contributed by atoms with Gasteiger partial charge in [-0.25, -0.2) is 8.42 Å². The van der Waals surface area contributed by atoms with E-state index in [1.54, 1.807) is 6.07 Å². The summed E-state index contributed by atoms with van der Waals surface area (Å²) in [4.78, 5) is 9.54. The van der Waals surface area contributed by atoms with Crippen LogP contribution in [-0.4, -0.2) is 76.3 Å². The zero-order chi connectivity index (χ0) is 17.6. The third-order valence-electron chi connectivity index (χ3n) is 3.35. The molecule has 0 unspecified atom stereocenters. The second-order valence-electron chi connectivity index (χ2n) is 5.53. The molecule has 0 bridgehead atoms. The summed E-state index contributed by atoms with van der Waals surface area (Å²) in [7, 11) is 4.48. The van der Waals surface area contributed by atoms with Gasteiger partial charge in [0.25, 0.3) is 10.0 Å². The lowest BCUT2D eigenvalue weighted by Gasteiger charge is -2.22. The van der Waals surface area contributed by atoms with E-state index >= 15 is 0 Å². The summed E-state index contributed by atoms with van der Waals surface area (Å²) in [5.41, 5.74) is 0. The van der Waals surface area contributed by atoms with E-state index in [2.05, 4.69) is 4.99 Å². The average molecular weight is 361 g/mol. The zero-order valence-electron chi connectivity index (χ0n) is 14.9. The lowest BCUT2D eigenvalue weighted by atomic mass is 10.3. The second kappa shape index (κ2) is 8.65. The molecule has 1 aromatic rings. The number of hydrogen-bond acceptors (Lipinski definition) is 4. The summed E-state index contributed by atoms with van der Waals surface area (Å²) in [5.74, 6) is 0.901. The maximum Gasteiger partial charge on any atom is 0.252 e. The fourth-order valence-electron chi connectivity index (χ4n) is 2.27. The average Bonchev–Trinajstić information content (AvgIpc) is 2.93. The van der Waals surface area contributed by atoms with Crippen LogP contribution >= 0.6 is 11.3 Å². The van der Waals surface area contributed by atoms with E-state index < -0.39 is 10.0 Å². The Hall–Kier alpha value is -1.12. The normalized spacial score (nSPS) is 11.6. The van der Waals surface area contributed by atoms with Crippen LogP contribution < -0.4 is 0 Å². The van der Waals surface area contributed by atoms with Gasteiger partial charge in [0.05, 0.1) is 0 Å². The number of hydrogen-bond donors (Lipinski definition) is 0. The van der Waals surface area contributed by atoms with Crippen LogP contribution in [0.2, 0.25) is 0 Å². The Morgan fingerprint density at radius 1 is 1.09 bits per heavy atom.